The average Bonchev–Trinajstić information content (AvgIpc) is 2.25. The Kier molecular flexibility index (Phi) is 5.36. The number of amides is 1. The predicted molar refractivity (Wildman–Crippen MR) is 66.1 cm³/mol. The maximum absolute atomic E-state index is 10.6. The molecule has 0 spiro atoms. The van der Waals surface area contributed by atoms with Gasteiger partial charge < -0.3 is 16.4 Å². The number of hydrogen-bond donors (Lipinski definition) is 3. The zero-order valence-electron chi connectivity index (χ0n) is 9.62. The van der Waals surface area contributed by atoms with Crippen LogP contribution in [0, 0.1) is 0 Å². The Bertz CT molecular complexity index is 322. The highest BCUT2D eigenvalue weighted by Gasteiger charge is 1.93. The van der Waals surface area contributed by atoms with Crippen molar-refractivity contribution in [3.8, 4) is 0 Å². The van der Waals surface area contributed by atoms with Crippen molar-refractivity contribution in [1.29, 1.82) is 0 Å². The van der Waals surface area contributed by atoms with Crippen LogP contribution in [0.1, 0.15) is 12.5 Å². The Morgan fingerprint density at radius 2 is 1.88 bits per heavy atom. The smallest absolute Gasteiger partial charge is 0.216 e. The van der Waals surface area contributed by atoms with E-state index in [-0.39, 0.29) is 5.91 Å². The molecule has 0 radical (unpaired) electrons. The average molecular weight is 221 g/mol. The fourth-order valence-electron chi connectivity index (χ4n) is 1.37. The summed E-state index contributed by atoms with van der Waals surface area (Å²) < 4.78 is 0. The summed E-state index contributed by atoms with van der Waals surface area (Å²) in [5.41, 5.74) is 7.65. The molecule has 0 unspecified atom stereocenters. The number of carbonyl (C=O) groups excluding carboxylic acids is 1. The quantitative estimate of drug-likeness (QED) is 0.485. The monoisotopic (exact) mass is 221 g/mol. The minimum atomic E-state index is 0.0142. The zero-order chi connectivity index (χ0) is 11.8. The van der Waals surface area contributed by atoms with E-state index < -0.39 is 0 Å². The van der Waals surface area contributed by atoms with Crippen LogP contribution in [0.3, 0.4) is 0 Å². The first-order valence-electron chi connectivity index (χ1n) is 5.48. The molecule has 0 atom stereocenters. The largest absolute Gasteiger partial charge is 0.399 e. The van der Waals surface area contributed by atoms with Gasteiger partial charge >= 0.3 is 0 Å². The van der Waals surface area contributed by atoms with Crippen LogP contribution in [0.5, 0.6) is 0 Å². The number of benzene rings is 1. The van der Waals surface area contributed by atoms with Gasteiger partial charge in [-0.05, 0) is 30.7 Å². The lowest BCUT2D eigenvalue weighted by Crippen LogP contribution is -2.31. The third kappa shape index (κ3) is 5.36. The second kappa shape index (κ2) is 6.85. The Hall–Kier alpha value is -1.55. The molecule has 4 N–H and O–H groups in total. The minimum Gasteiger partial charge on any atom is -0.399 e. The molecule has 1 aromatic carbocycles. The van der Waals surface area contributed by atoms with Crippen LogP contribution in [0.4, 0.5) is 5.69 Å². The molecule has 0 aliphatic heterocycles. The first-order valence-corrected chi connectivity index (χ1v) is 5.48. The van der Waals surface area contributed by atoms with Crippen LogP contribution in [-0.2, 0) is 11.2 Å². The van der Waals surface area contributed by atoms with Crippen molar-refractivity contribution in [1.82, 2.24) is 10.6 Å². The summed E-state index contributed by atoms with van der Waals surface area (Å²) in [6.45, 7) is 3.91. The molecule has 4 heteroatoms. The van der Waals surface area contributed by atoms with Crippen LogP contribution >= 0.6 is 0 Å². The van der Waals surface area contributed by atoms with Gasteiger partial charge in [-0.15, -0.1) is 0 Å². The van der Waals surface area contributed by atoms with E-state index >= 15 is 0 Å². The lowest BCUT2D eigenvalue weighted by molar-refractivity contribution is -0.118. The fourth-order valence-corrected chi connectivity index (χ4v) is 1.37. The van der Waals surface area contributed by atoms with Crippen molar-refractivity contribution < 1.29 is 4.79 Å². The molecule has 1 rings (SSSR count). The van der Waals surface area contributed by atoms with E-state index in [4.69, 9.17) is 5.73 Å². The molecule has 1 amide bonds. The van der Waals surface area contributed by atoms with Crippen molar-refractivity contribution >= 4 is 11.6 Å². The molecular weight excluding hydrogens is 202 g/mol. The third-order valence-electron chi connectivity index (χ3n) is 2.25. The molecule has 1 aromatic rings. The lowest BCUT2D eigenvalue weighted by atomic mass is 10.1. The second-order valence-corrected chi connectivity index (χ2v) is 3.72. The van der Waals surface area contributed by atoms with Gasteiger partial charge in [0.05, 0.1) is 0 Å². The lowest BCUT2D eigenvalue weighted by Gasteiger charge is -2.05. The van der Waals surface area contributed by atoms with Crippen molar-refractivity contribution in [2.45, 2.75) is 13.3 Å². The van der Waals surface area contributed by atoms with E-state index in [1.165, 1.54) is 12.5 Å². The molecule has 88 valence electrons. The summed E-state index contributed by atoms with van der Waals surface area (Å²) in [5.74, 6) is 0.0142. The van der Waals surface area contributed by atoms with E-state index in [2.05, 4.69) is 10.6 Å². The highest BCUT2D eigenvalue weighted by molar-refractivity contribution is 5.72. The first kappa shape index (κ1) is 12.5. The minimum absolute atomic E-state index is 0.0142. The summed E-state index contributed by atoms with van der Waals surface area (Å²) in [6, 6.07) is 7.88. The number of rotatable bonds is 6. The number of anilines is 1. The molecule has 0 saturated heterocycles. The number of nitrogens with one attached hydrogen (secondary N) is 2. The van der Waals surface area contributed by atoms with Gasteiger partial charge in [0.25, 0.3) is 0 Å². The van der Waals surface area contributed by atoms with Crippen molar-refractivity contribution in [3.63, 3.8) is 0 Å². The molecule has 4 nitrogen and oxygen atoms in total. The van der Waals surface area contributed by atoms with Crippen LogP contribution in [0.25, 0.3) is 0 Å². The van der Waals surface area contributed by atoms with Gasteiger partial charge in [0, 0.05) is 25.7 Å². The molecule has 0 aromatic heterocycles. The molecule has 0 heterocycles. The maximum Gasteiger partial charge on any atom is 0.216 e. The SMILES string of the molecule is CC(=O)NCCNCCc1ccc(N)cc1. The first-order chi connectivity index (χ1) is 7.68. The van der Waals surface area contributed by atoms with E-state index in [1.807, 2.05) is 24.3 Å². The molecule has 0 aliphatic rings. The van der Waals surface area contributed by atoms with Gasteiger partial charge in [0.15, 0.2) is 0 Å². The molecule has 16 heavy (non-hydrogen) atoms. The van der Waals surface area contributed by atoms with E-state index in [9.17, 15) is 4.79 Å². The van der Waals surface area contributed by atoms with Crippen LogP contribution in [0.15, 0.2) is 24.3 Å². The Balaban J connectivity index is 2.07. The normalized spacial score (nSPS) is 10.1. The molecule has 0 saturated carbocycles. The van der Waals surface area contributed by atoms with E-state index in [1.54, 1.807) is 0 Å². The Labute approximate surface area is 96.2 Å². The maximum atomic E-state index is 10.6. The van der Waals surface area contributed by atoms with Crippen LogP contribution in [0.2, 0.25) is 0 Å². The van der Waals surface area contributed by atoms with Gasteiger partial charge in [0.1, 0.15) is 0 Å². The van der Waals surface area contributed by atoms with E-state index in [0.29, 0.717) is 6.54 Å². The van der Waals surface area contributed by atoms with Crippen LogP contribution < -0.4 is 16.4 Å². The highest BCUT2D eigenvalue weighted by Crippen LogP contribution is 2.05. The third-order valence-corrected chi connectivity index (χ3v) is 2.25. The number of hydrogen-bond acceptors (Lipinski definition) is 3. The summed E-state index contributed by atoms with van der Waals surface area (Å²) in [6.07, 6.45) is 0.973. The van der Waals surface area contributed by atoms with Gasteiger partial charge in [-0.25, -0.2) is 0 Å². The highest BCUT2D eigenvalue weighted by atomic mass is 16.1. The zero-order valence-corrected chi connectivity index (χ0v) is 9.62. The fraction of sp³-hybridized carbons (Fsp3) is 0.417. The van der Waals surface area contributed by atoms with Gasteiger partial charge in [0.2, 0.25) is 5.91 Å². The molecule has 0 fully saturated rings. The summed E-state index contributed by atoms with van der Waals surface area (Å²) >= 11 is 0. The Morgan fingerprint density at radius 1 is 1.19 bits per heavy atom. The molecular formula is C12H19N3O. The van der Waals surface area contributed by atoms with Gasteiger partial charge in [-0.2, -0.15) is 0 Å². The van der Waals surface area contributed by atoms with Crippen molar-refractivity contribution in [3.05, 3.63) is 29.8 Å². The number of carbonyl (C=O) groups is 1. The van der Waals surface area contributed by atoms with Gasteiger partial charge in [-0.3, -0.25) is 4.79 Å². The summed E-state index contributed by atoms with van der Waals surface area (Å²) in [7, 11) is 0. The number of nitrogens with two attached hydrogens (primary N) is 1. The topological polar surface area (TPSA) is 67.2 Å². The molecule has 0 bridgehead atoms. The van der Waals surface area contributed by atoms with Crippen molar-refractivity contribution in [2.75, 3.05) is 25.4 Å². The standard InChI is InChI=1S/C12H19N3O/c1-10(16)15-9-8-14-7-6-11-2-4-12(13)5-3-11/h2-5,14H,6-9,13H2,1H3,(H,15,16). The summed E-state index contributed by atoms with van der Waals surface area (Å²) in [4.78, 5) is 10.6. The van der Waals surface area contributed by atoms with Crippen LogP contribution in [-0.4, -0.2) is 25.5 Å². The number of nitrogen functional groups attached to an aromatic ring is 1. The molecule has 0 aliphatic carbocycles. The summed E-state index contributed by atoms with van der Waals surface area (Å²) in [5, 5.41) is 5.99. The van der Waals surface area contributed by atoms with Gasteiger partial charge in [-0.1, -0.05) is 12.1 Å². The predicted octanol–water partition coefficient (Wildman–Crippen LogP) is 0.537. The Morgan fingerprint density at radius 3 is 2.50 bits per heavy atom. The van der Waals surface area contributed by atoms with Crippen molar-refractivity contribution in [2.24, 2.45) is 0 Å². The second-order valence-electron chi connectivity index (χ2n) is 3.72. The van der Waals surface area contributed by atoms with E-state index in [0.717, 1.165) is 25.2 Å².